The highest BCUT2D eigenvalue weighted by Gasteiger charge is 2.32. The van der Waals surface area contributed by atoms with Crippen LogP contribution in [0.15, 0.2) is 24.3 Å². The number of hydrogen-bond donors (Lipinski definition) is 0. The summed E-state index contributed by atoms with van der Waals surface area (Å²) in [6.07, 6.45) is 4.72. The highest BCUT2D eigenvalue weighted by molar-refractivity contribution is 5.97. The maximum absolute atomic E-state index is 14.7. The average Bonchev–Trinajstić information content (AvgIpc) is 3.16. The Kier molecular flexibility index (Phi) is 9.93. The van der Waals surface area contributed by atoms with E-state index in [0.29, 0.717) is 19.6 Å². The Morgan fingerprint density at radius 2 is 1.93 bits per heavy atom. The van der Waals surface area contributed by atoms with E-state index in [2.05, 4.69) is 13.8 Å². The molecule has 1 amide bonds. The highest BCUT2D eigenvalue weighted by atomic mass is 19.1. The van der Waals surface area contributed by atoms with Crippen molar-refractivity contribution in [2.75, 3.05) is 18.1 Å². The summed E-state index contributed by atoms with van der Waals surface area (Å²) in [5.41, 5.74) is 1.90. The number of nitrogens with zero attached hydrogens (tertiary/aromatic N) is 1. The van der Waals surface area contributed by atoms with Crippen LogP contribution in [0.1, 0.15) is 71.3 Å². The fourth-order valence-electron chi connectivity index (χ4n) is 3.53. The van der Waals surface area contributed by atoms with Crippen molar-refractivity contribution < 1.29 is 18.7 Å². The Bertz CT molecular complexity index is 595. The molecule has 1 aliphatic heterocycles. The number of unbranched alkanes of at least 4 members (excludes halogenated alkanes) is 2. The Labute approximate surface area is 169 Å². The van der Waals surface area contributed by atoms with Crippen LogP contribution in [-0.4, -0.2) is 37.6 Å². The number of aryl methyl sites for hydroxylation is 1. The van der Waals surface area contributed by atoms with Crippen LogP contribution in [-0.2, 0) is 20.7 Å². The average molecular weight is 394 g/mol. The van der Waals surface area contributed by atoms with E-state index >= 15 is 0 Å². The first-order valence-electron chi connectivity index (χ1n) is 10.9. The lowest BCUT2D eigenvalue weighted by Gasteiger charge is -2.28. The van der Waals surface area contributed by atoms with Gasteiger partial charge in [0.25, 0.3) is 5.91 Å². The second kappa shape index (κ2) is 12.2. The summed E-state index contributed by atoms with van der Waals surface area (Å²) in [5.74, 6) is -0.458. The molecule has 0 saturated carbocycles. The Balaban J connectivity index is 2.20. The Hall–Kier alpha value is -1.46. The summed E-state index contributed by atoms with van der Waals surface area (Å²) in [6.45, 7) is 7.01. The number of anilines is 1. The third-order valence-electron chi connectivity index (χ3n) is 5.15. The number of amides is 1. The summed E-state index contributed by atoms with van der Waals surface area (Å²) < 4.78 is 26.3. The third kappa shape index (κ3) is 6.56. The smallest absolute Gasteiger partial charge is 0.261 e. The largest absolute Gasteiger partial charge is 0.350 e. The van der Waals surface area contributed by atoms with E-state index in [1.54, 1.807) is 4.90 Å². The van der Waals surface area contributed by atoms with Gasteiger partial charge in [-0.25, -0.2) is 4.39 Å². The van der Waals surface area contributed by atoms with Gasteiger partial charge >= 0.3 is 0 Å². The van der Waals surface area contributed by atoms with E-state index in [9.17, 15) is 9.18 Å². The number of alkyl halides is 1. The number of carbonyl (C=O) groups is 1. The van der Waals surface area contributed by atoms with Crippen molar-refractivity contribution >= 4 is 11.6 Å². The summed E-state index contributed by atoms with van der Waals surface area (Å²) in [7, 11) is 0. The number of benzene rings is 1. The van der Waals surface area contributed by atoms with E-state index in [4.69, 9.17) is 9.47 Å². The molecule has 3 unspecified atom stereocenters. The fourth-order valence-corrected chi connectivity index (χ4v) is 3.53. The fraction of sp³-hybridized carbons (Fsp3) is 0.696. The van der Waals surface area contributed by atoms with Crippen molar-refractivity contribution in [3.05, 3.63) is 29.8 Å². The maximum atomic E-state index is 14.7. The van der Waals surface area contributed by atoms with Crippen LogP contribution in [0.25, 0.3) is 0 Å². The number of ether oxygens (including phenoxy) is 2. The first-order chi connectivity index (χ1) is 13.6. The maximum Gasteiger partial charge on any atom is 0.261 e. The van der Waals surface area contributed by atoms with Gasteiger partial charge in [0, 0.05) is 5.69 Å². The molecule has 1 aromatic rings. The van der Waals surface area contributed by atoms with Gasteiger partial charge in [0.05, 0.1) is 13.2 Å². The third-order valence-corrected chi connectivity index (χ3v) is 5.15. The summed E-state index contributed by atoms with van der Waals surface area (Å²) in [5, 5.41) is 0. The van der Waals surface area contributed by atoms with Crippen molar-refractivity contribution in [1.82, 2.24) is 0 Å². The van der Waals surface area contributed by atoms with Crippen LogP contribution in [0.3, 0.4) is 0 Å². The molecule has 1 aliphatic rings. The number of para-hydroxylation sites is 1. The molecule has 3 atom stereocenters. The lowest BCUT2D eigenvalue weighted by atomic mass is 10.0. The molecule has 28 heavy (non-hydrogen) atoms. The molecule has 5 heteroatoms. The van der Waals surface area contributed by atoms with E-state index < -0.39 is 12.1 Å². The normalized spacial score (nSPS) is 20.3. The van der Waals surface area contributed by atoms with Crippen molar-refractivity contribution in [1.29, 1.82) is 0 Å². The number of hydrogen-bond acceptors (Lipinski definition) is 3. The van der Waals surface area contributed by atoms with Gasteiger partial charge in [-0.3, -0.25) is 4.79 Å². The minimum atomic E-state index is -1.48. The van der Waals surface area contributed by atoms with Crippen LogP contribution in [0.4, 0.5) is 10.1 Å². The molecule has 1 aromatic carbocycles. The summed E-state index contributed by atoms with van der Waals surface area (Å²) in [4.78, 5) is 14.6. The van der Waals surface area contributed by atoms with Gasteiger partial charge < -0.3 is 14.4 Å². The van der Waals surface area contributed by atoms with Crippen molar-refractivity contribution in [3.63, 3.8) is 0 Å². The van der Waals surface area contributed by atoms with Gasteiger partial charge in [0.1, 0.15) is 6.10 Å². The molecule has 0 aliphatic carbocycles. The second-order valence-corrected chi connectivity index (χ2v) is 7.60. The lowest BCUT2D eigenvalue weighted by Crippen LogP contribution is -2.43. The molecule has 0 bridgehead atoms. The van der Waals surface area contributed by atoms with E-state index in [1.165, 1.54) is 0 Å². The molecule has 1 heterocycles. The standard InChI is InChI=1S/C23H36FNO3/c1-4-7-12-18-13-9-10-15-21(18)25(23(26)20(24)14-8-5-2)16-19-17-27-22(28-19)11-6-3/h9-10,13,15,19-20,22H,4-8,11-12,14,16-17H2,1-3H3. The second-order valence-electron chi connectivity index (χ2n) is 7.60. The molecule has 0 N–H and O–H groups in total. The SMILES string of the molecule is CCCCc1ccccc1N(CC1COC(CCC)O1)C(=O)C(F)CCCC. The zero-order valence-electron chi connectivity index (χ0n) is 17.7. The number of halogens is 1. The lowest BCUT2D eigenvalue weighted by molar-refractivity contribution is -0.124. The van der Waals surface area contributed by atoms with Crippen LogP contribution >= 0.6 is 0 Å². The highest BCUT2D eigenvalue weighted by Crippen LogP contribution is 2.27. The van der Waals surface area contributed by atoms with Crippen molar-refractivity contribution in [3.8, 4) is 0 Å². The Morgan fingerprint density at radius 1 is 1.18 bits per heavy atom. The van der Waals surface area contributed by atoms with Crippen molar-refractivity contribution in [2.24, 2.45) is 0 Å². The molecule has 158 valence electrons. The Morgan fingerprint density at radius 3 is 2.64 bits per heavy atom. The van der Waals surface area contributed by atoms with Crippen molar-refractivity contribution in [2.45, 2.75) is 90.7 Å². The monoisotopic (exact) mass is 393 g/mol. The van der Waals surface area contributed by atoms with E-state index in [0.717, 1.165) is 49.8 Å². The molecule has 2 rings (SSSR count). The quantitative estimate of drug-likeness (QED) is 0.475. The molecule has 1 fully saturated rings. The summed E-state index contributed by atoms with van der Waals surface area (Å²) >= 11 is 0. The van der Waals surface area contributed by atoms with Crippen LogP contribution < -0.4 is 4.90 Å². The van der Waals surface area contributed by atoms with E-state index in [-0.39, 0.29) is 18.8 Å². The molecular weight excluding hydrogens is 357 g/mol. The van der Waals surface area contributed by atoms with Crippen LogP contribution in [0.5, 0.6) is 0 Å². The minimum Gasteiger partial charge on any atom is -0.350 e. The predicted octanol–water partition coefficient (Wildman–Crippen LogP) is 5.43. The first-order valence-corrected chi connectivity index (χ1v) is 10.9. The van der Waals surface area contributed by atoms with Gasteiger partial charge in [-0.05, 0) is 37.3 Å². The van der Waals surface area contributed by atoms with Gasteiger partial charge in [0.2, 0.25) is 0 Å². The summed E-state index contributed by atoms with van der Waals surface area (Å²) in [6, 6.07) is 7.86. The molecular formula is C23H36FNO3. The van der Waals surface area contributed by atoms with E-state index in [1.807, 2.05) is 31.2 Å². The molecule has 0 spiro atoms. The molecule has 0 radical (unpaired) electrons. The molecule has 4 nitrogen and oxygen atoms in total. The van der Waals surface area contributed by atoms with Gasteiger partial charge in [-0.1, -0.05) is 64.7 Å². The topological polar surface area (TPSA) is 38.8 Å². The molecule has 1 saturated heterocycles. The first kappa shape index (κ1) is 22.8. The number of rotatable bonds is 12. The van der Waals surface area contributed by atoms with Crippen LogP contribution in [0.2, 0.25) is 0 Å². The van der Waals surface area contributed by atoms with Gasteiger partial charge in [-0.2, -0.15) is 0 Å². The van der Waals surface area contributed by atoms with Crippen LogP contribution in [0, 0.1) is 0 Å². The number of carbonyl (C=O) groups excluding carboxylic acids is 1. The molecule has 0 aromatic heterocycles. The minimum absolute atomic E-state index is 0.219. The predicted molar refractivity (Wildman–Crippen MR) is 111 cm³/mol. The zero-order chi connectivity index (χ0) is 20.4. The van der Waals surface area contributed by atoms with Gasteiger partial charge in [0.15, 0.2) is 12.5 Å². The zero-order valence-corrected chi connectivity index (χ0v) is 17.7. The van der Waals surface area contributed by atoms with Gasteiger partial charge in [-0.15, -0.1) is 0 Å².